The van der Waals surface area contributed by atoms with Crippen molar-refractivity contribution >= 4 is 29.0 Å². The molecule has 1 aliphatic rings. The molecular weight excluding hydrogens is 183 g/mol. The molecule has 0 aromatic heterocycles. The molecule has 0 bridgehead atoms. The Labute approximate surface area is 77.1 Å². The van der Waals surface area contributed by atoms with Crippen molar-refractivity contribution in [3.8, 4) is 0 Å². The molecule has 0 aromatic carbocycles. The first-order chi connectivity index (χ1) is 5.09. The highest BCUT2D eigenvalue weighted by Crippen LogP contribution is 2.46. The summed E-state index contributed by atoms with van der Waals surface area (Å²) >= 11 is 11.5. The van der Waals surface area contributed by atoms with Gasteiger partial charge in [-0.15, -0.1) is 0 Å². The number of hydrogen-bond acceptors (Lipinski definition) is 1. The standard InChI is InChI=1S/C8H12Cl2O/c1-2-3-4-6-5-7(11)8(6,9)10/h6H,2-5H2,1H3. The third-order valence-electron chi connectivity index (χ3n) is 2.22. The van der Waals surface area contributed by atoms with Gasteiger partial charge in [0.15, 0.2) is 10.1 Å². The predicted molar refractivity (Wildman–Crippen MR) is 47.1 cm³/mol. The van der Waals surface area contributed by atoms with Crippen LogP contribution in [0.5, 0.6) is 0 Å². The van der Waals surface area contributed by atoms with Crippen LogP contribution in [0.25, 0.3) is 0 Å². The van der Waals surface area contributed by atoms with E-state index in [-0.39, 0.29) is 11.7 Å². The molecule has 64 valence electrons. The minimum Gasteiger partial charge on any atom is -0.296 e. The molecule has 1 nitrogen and oxygen atoms in total. The summed E-state index contributed by atoms with van der Waals surface area (Å²) < 4.78 is -1.05. The average Bonchev–Trinajstić information content (AvgIpc) is 1.97. The number of Topliss-reactive ketones (excluding diaryl/α,β-unsaturated/α-hetero) is 1. The first kappa shape index (κ1) is 9.34. The van der Waals surface area contributed by atoms with Crippen molar-refractivity contribution in [2.24, 2.45) is 5.92 Å². The van der Waals surface area contributed by atoms with Crippen LogP contribution in [0.15, 0.2) is 0 Å². The number of halogens is 2. The van der Waals surface area contributed by atoms with E-state index in [1.54, 1.807) is 0 Å². The van der Waals surface area contributed by atoms with Gasteiger partial charge < -0.3 is 0 Å². The molecule has 11 heavy (non-hydrogen) atoms. The van der Waals surface area contributed by atoms with Gasteiger partial charge in [0.2, 0.25) is 0 Å². The van der Waals surface area contributed by atoms with E-state index in [1.807, 2.05) is 0 Å². The highest BCUT2D eigenvalue weighted by molar-refractivity contribution is 6.60. The second-order valence-electron chi connectivity index (χ2n) is 3.09. The molecule has 0 amide bonds. The minimum atomic E-state index is -1.05. The van der Waals surface area contributed by atoms with E-state index in [4.69, 9.17) is 23.2 Å². The van der Waals surface area contributed by atoms with E-state index >= 15 is 0 Å². The summed E-state index contributed by atoms with van der Waals surface area (Å²) in [4.78, 5) is 10.9. The summed E-state index contributed by atoms with van der Waals surface area (Å²) in [6, 6.07) is 0. The largest absolute Gasteiger partial charge is 0.296 e. The smallest absolute Gasteiger partial charge is 0.179 e. The monoisotopic (exact) mass is 194 g/mol. The Morgan fingerprint density at radius 1 is 1.64 bits per heavy atom. The van der Waals surface area contributed by atoms with Gasteiger partial charge in [-0.05, 0) is 6.42 Å². The lowest BCUT2D eigenvalue weighted by molar-refractivity contribution is -0.128. The molecule has 0 aromatic rings. The van der Waals surface area contributed by atoms with E-state index in [0.29, 0.717) is 6.42 Å². The van der Waals surface area contributed by atoms with Gasteiger partial charge in [0.05, 0.1) is 0 Å². The Morgan fingerprint density at radius 2 is 2.27 bits per heavy atom. The number of alkyl halides is 2. The van der Waals surface area contributed by atoms with Gasteiger partial charge in [-0.2, -0.15) is 0 Å². The third-order valence-corrected chi connectivity index (χ3v) is 3.26. The van der Waals surface area contributed by atoms with Crippen LogP contribution in [0.4, 0.5) is 0 Å². The fourth-order valence-electron chi connectivity index (χ4n) is 1.32. The summed E-state index contributed by atoms with van der Waals surface area (Å²) in [6.07, 6.45) is 3.80. The van der Waals surface area contributed by atoms with Crippen molar-refractivity contribution in [2.45, 2.75) is 36.9 Å². The quantitative estimate of drug-likeness (QED) is 0.632. The topological polar surface area (TPSA) is 17.1 Å². The van der Waals surface area contributed by atoms with Crippen molar-refractivity contribution in [1.29, 1.82) is 0 Å². The van der Waals surface area contributed by atoms with Crippen LogP contribution < -0.4 is 0 Å². The first-order valence-corrected chi connectivity index (χ1v) is 4.75. The molecule has 0 aliphatic heterocycles. The molecule has 0 radical (unpaired) electrons. The van der Waals surface area contributed by atoms with E-state index < -0.39 is 4.33 Å². The van der Waals surface area contributed by atoms with Crippen LogP contribution >= 0.6 is 23.2 Å². The molecule has 0 saturated heterocycles. The second kappa shape index (κ2) is 3.32. The maximum Gasteiger partial charge on any atom is 0.179 e. The number of ketones is 1. The summed E-state index contributed by atoms with van der Waals surface area (Å²) in [5.74, 6) is 0.195. The number of rotatable bonds is 3. The number of hydrogen-bond donors (Lipinski definition) is 0. The van der Waals surface area contributed by atoms with Gasteiger partial charge in [-0.1, -0.05) is 43.0 Å². The lowest BCUT2D eigenvalue weighted by Gasteiger charge is -2.37. The first-order valence-electron chi connectivity index (χ1n) is 4.00. The zero-order chi connectivity index (χ0) is 8.48. The Balaban J connectivity index is 2.34. The lowest BCUT2D eigenvalue weighted by atomic mass is 9.79. The highest BCUT2D eigenvalue weighted by atomic mass is 35.5. The van der Waals surface area contributed by atoms with Crippen molar-refractivity contribution < 1.29 is 4.79 Å². The molecule has 1 fully saturated rings. The lowest BCUT2D eigenvalue weighted by Crippen LogP contribution is -2.47. The predicted octanol–water partition coefficient (Wildman–Crippen LogP) is 2.94. The second-order valence-corrected chi connectivity index (χ2v) is 4.48. The van der Waals surface area contributed by atoms with Crippen molar-refractivity contribution in [1.82, 2.24) is 0 Å². The van der Waals surface area contributed by atoms with Crippen LogP contribution in [0, 0.1) is 5.92 Å². The molecule has 3 heteroatoms. The number of carbonyl (C=O) groups excluding carboxylic acids is 1. The Morgan fingerprint density at radius 3 is 2.64 bits per heavy atom. The number of unbranched alkanes of at least 4 members (excludes halogenated alkanes) is 1. The van der Waals surface area contributed by atoms with E-state index in [9.17, 15) is 4.79 Å². The molecule has 1 saturated carbocycles. The van der Waals surface area contributed by atoms with E-state index in [2.05, 4.69) is 6.92 Å². The maximum absolute atomic E-state index is 10.9. The van der Waals surface area contributed by atoms with Crippen molar-refractivity contribution in [3.63, 3.8) is 0 Å². The molecular formula is C8H12Cl2O. The molecule has 1 atom stereocenters. The fraction of sp³-hybridized carbons (Fsp3) is 0.875. The molecule has 0 N–H and O–H groups in total. The van der Waals surface area contributed by atoms with Crippen molar-refractivity contribution in [3.05, 3.63) is 0 Å². The minimum absolute atomic E-state index is 0.0121. The van der Waals surface area contributed by atoms with E-state index in [1.165, 1.54) is 0 Å². The number of carbonyl (C=O) groups is 1. The van der Waals surface area contributed by atoms with Gasteiger partial charge in [0.1, 0.15) is 0 Å². The van der Waals surface area contributed by atoms with Crippen LogP contribution in [0.3, 0.4) is 0 Å². The average molecular weight is 195 g/mol. The highest BCUT2D eigenvalue weighted by Gasteiger charge is 2.51. The molecule has 1 aliphatic carbocycles. The van der Waals surface area contributed by atoms with Crippen LogP contribution in [-0.2, 0) is 4.79 Å². The van der Waals surface area contributed by atoms with Crippen molar-refractivity contribution in [2.75, 3.05) is 0 Å². The van der Waals surface area contributed by atoms with Gasteiger partial charge in [0, 0.05) is 12.3 Å². The van der Waals surface area contributed by atoms with Gasteiger partial charge in [-0.3, -0.25) is 4.79 Å². The third kappa shape index (κ3) is 1.70. The Bertz CT molecular complexity index is 165. The molecule has 1 rings (SSSR count). The zero-order valence-corrected chi connectivity index (χ0v) is 8.08. The normalized spacial score (nSPS) is 28.3. The Kier molecular flexibility index (Phi) is 2.82. The fourth-order valence-corrected chi connectivity index (χ4v) is 1.85. The van der Waals surface area contributed by atoms with Crippen LogP contribution in [0.2, 0.25) is 0 Å². The zero-order valence-electron chi connectivity index (χ0n) is 6.57. The Hall–Kier alpha value is 0.250. The maximum atomic E-state index is 10.9. The molecule has 1 unspecified atom stereocenters. The van der Waals surface area contributed by atoms with Gasteiger partial charge in [-0.25, -0.2) is 0 Å². The summed E-state index contributed by atoms with van der Waals surface area (Å²) in [7, 11) is 0. The van der Waals surface area contributed by atoms with Crippen LogP contribution in [0.1, 0.15) is 32.6 Å². The summed E-state index contributed by atoms with van der Waals surface area (Å²) in [5.41, 5.74) is 0. The van der Waals surface area contributed by atoms with Gasteiger partial charge >= 0.3 is 0 Å². The van der Waals surface area contributed by atoms with Gasteiger partial charge in [0.25, 0.3) is 0 Å². The van der Waals surface area contributed by atoms with Crippen LogP contribution in [-0.4, -0.2) is 10.1 Å². The van der Waals surface area contributed by atoms with E-state index in [0.717, 1.165) is 19.3 Å². The molecule has 0 heterocycles. The summed E-state index contributed by atoms with van der Waals surface area (Å²) in [5, 5.41) is 0. The SMILES string of the molecule is CCCCC1CC(=O)C1(Cl)Cl. The summed E-state index contributed by atoms with van der Waals surface area (Å²) in [6.45, 7) is 2.12. The molecule has 0 spiro atoms.